The Morgan fingerprint density at radius 2 is 1.79 bits per heavy atom. The second-order valence-electron chi connectivity index (χ2n) is 8.59. The van der Waals surface area contributed by atoms with Crippen molar-refractivity contribution in [2.75, 3.05) is 34.4 Å². The number of piperidine rings is 1. The number of carbonyl (C=O) groups is 1. The maximum atomic E-state index is 13.4. The van der Waals surface area contributed by atoms with Gasteiger partial charge in [0.25, 0.3) is 5.91 Å². The van der Waals surface area contributed by atoms with Crippen LogP contribution in [0.2, 0.25) is 0 Å². The van der Waals surface area contributed by atoms with Gasteiger partial charge in [0.1, 0.15) is 28.7 Å². The van der Waals surface area contributed by atoms with Crippen molar-refractivity contribution >= 4 is 5.91 Å². The Balaban J connectivity index is 1.65. The number of nitrogens with one attached hydrogen (secondary N) is 2. The van der Waals surface area contributed by atoms with Crippen LogP contribution in [0.1, 0.15) is 53.6 Å². The van der Waals surface area contributed by atoms with E-state index < -0.39 is 0 Å². The summed E-state index contributed by atoms with van der Waals surface area (Å²) in [5.41, 5.74) is 2.95. The molecule has 1 aromatic heterocycles. The van der Waals surface area contributed by atoms with E-state index in [1.165, 1.54) is 0 Å². The monoisotopic (exact) mass is 448 g/mol. The van der Waals surface area contributed by atoms with E-state index in [-0.39, 0.29) is 11.9 Å². The Kier molecular flexibility index (Phi) is 6.99. The number of benzene rings is 2. The number of aromatic nitrogens is 2. The highest BCUT2D eigenvalue weighted by molar-refractivity contribution is 5.98. The zero-order valence-corrected chi connectivity index (χ0v) is 19.7. The van der Waals surface area contributed by atoms with Gasteiger partial charge in [-0.25, -0.2) is 4.98 Å². The molecule has 2 N–H and O–H groups in total. The minimum Gasteiger partial charge on any atom is -0.497 e. The maximum absolute atomic E-state index is 13.4. The molecule has 0 bridgehead atoms. The van der Waals surface area contributed by atoms with Crippen molar-refractivity contribution in [3.8, 4) is 22.8 Å². The molecule has 0 aliphatic carbocycles. The lowest BCUT2D eigenvalue weighted by Crippen LogP contribution is -2.30. The van der Waals surface area contributed by atoms with Gasteiger partial charge in [-0.3, -0.25) is 4.79 Å². The summed E-state index contributed by atoms with van der Waals surface area (Å²) in [6.07, 6.45) is 2.04. The average Bonchev–Trinajstić information content (AvgIpc) is 3.30. The summed E-state index contributed by atoms with van der Waals surface area (Å²) in [5.74, 6) is 2.51. The number of imidazole rings is 1. The van der Waals surface area contributed by atoms with Crippen molar-refractivity contribution in [2.45, 2.75) is 31.7 Å². The number of para-hydroxylation sites is 1. The van der Waals surface area contributed by atoms with Crippen molar-refractivity contribution in [1.82, 2.24) is 20.2 Å². The molecule has 1 fully saturated rings. The lowest BCUT2D eigenvalue weighted by molar-refractivity contribution is 0.0935. The van der Waals surface area contributed by atoms with Gasteiger partial charge in [0.05, 0.1) is 20.3 Å². The van der Waals surface area contributed by atoms with Crippen LogP contribution in [0, 0.1) is 0 Å². The number of rotatable bonds is 7. The SMILES string of the molecule is COc1ccc(-c2nc(C3CCN(C)CC3)[nH]c2C(=O)NC(C)c2ccccc2OC)cc1. The first-order chi connectivity index (χ1) is 16.0. The second-order valence-corrected chi connectivity index (χ2v) is 8.59. The highest BCUT2D eigenvalue weighted by Gasteiger charge is 2.26. The predicted molar refractivity (Wildman–Crippen MR) is 129 cm³/mol. The molecule has 3 aromatic rings. The summed E-state index contributed by atoms with van der Waals surface area (Å²) in [7, 11) is 5.41. The molecular formula is C26H32N4O3. The lowest BCUT2D eigenvalue weighted by atomic mass is 9.96. The van der Waals surface area contributed by atoms with Crippen molar-refractivity contribution in [2.24, 2.45) is 0 Å². The number of nitrogens with zero attached hydrogens (tertiary/aromatic N) is 2. The fourth-order valence-corrected chi connectivity index (χ4v) is 4.36. The van der Waals surface area contributed by atoms with Crippen LogP contribution in [0.5, 0.6) is 11.5 Å². The van der Waals surface area contributed by atoms with E-state index >= 15 is 0 Å². The summed E-state index contributed by atoms with van der Waals surface area (Å²) < 4.78 is 10.8. The standard InChI is InChI=1S/C26H32N4O3/c1-17(21-7-5-6-8-22(21)33-4)27-26(31)24-23(18-9-11-20(32-3)12-10-18)28-25(29-24)19-13-15-30(2)16-14-19/h5-12,17,19H,13-16H2,1-4H3,(H,27,31)(H,28,29). The van der Waals surface area contributed by atoms with Gasteiger partial charge < -0.3 is 24.7 Å². The molecule has 7 heteroatoms. The van der Waals surface area contributed by atoms with Crippen LogP contribution < -0.4 is 14.8 Å². The first-order valence-corrected chi connectivity index (χ1v) is 11.4. The maximum Gasteiger partial charge on any atom is 0.270 e. The van der Waals surface area contributed by atoms with Gasteiger partial charge in [0.2, 0.25) is 0 Å². The van der Waals surface area contributed by atoms with Crippen molar-refractivity contribution < 1.29 is 14.3 Å². The first-order valence-electron chi connectivity index (χ1n) is 11.4. The number of likely N-dealkylation sites (tertiary alicyclic amines) is 1. The Morgan fingerprint density at radius 1 is 1.09 bits per heavy atom. The van der Waals surface area contributed by atoms with Crippen molar-refractivity contribution in [3.05, 3.63) is 65.6 Å². The van der Waals surface area contributed by atoms with Gasteiger partial charge in [0.15, 0.2) is 0 Å². The fourth-order valence-electron chi connectivity index (χ4n) is 4.36. The van der Waals surface area contributed by atoms with Gasteiger partial charge in [-0.1, -0.05) is 18.2 Å². The van der Waals surface area contributed by atoms with Gasteiger partial charge in [0, 0.05) is 17.0 Å². The number of hydrogen-bond donors (Lipinski definition) is 2. The Morgan fingerprint density at radius 3 is 2.45 bits per heavy atom. The third-order valence-electron chi connectivity index (χ3n) is 6.37. The molecule has 1 saturated heterocycles. The fraction of sp³-hybridized carbons (Fsp3) is 0.385. The third-order valence-corrected chi connectivity index (χ3v) is 6.37. The molecule has 1 atom stereocenters. The molecule has 0 spiro atoms. The molecule has 33 heavy (non-hydrogen) atoms. The van der Waals surface area contributed by atoms with Crippen LogP contribution in [0.4, 0.5) is 0 Å². The number of amides is 1. The molecule has 2 heterocycles. The smallest absolute Gasteiger partial charge is 0.270 e. The topological polar surface area (TPSA) is 79.5 Å². The Bertz CT molecular complexity index is 1090. The number of carbonyl (C=O) groups excluding carboxylic acids is 1. The molecule has 174 valence electrons. The summed E-state index contributed by atoms with van der Waals surface area (Å²) >= 11 is 0. The molecule has 2 aromatic carbocycles. The predicted octanol–water partition coefficient (Wildman–Crippen LogP) is 4.39. The van der Waals surface area contributed by atoms with Gasteiger partial charge >= 0.3 is 0 Å². The van der Waals surface area contributed by atoms with Crippen molar-refractivity contribution in [1.29, 1.82) is 0 Å². The molecule has 1 unspecified atom stereocenters. The third kappa shape index (κ3) is 5.03. The summed E-state index contributed by atoms with van der Waals surface area (Å²) in [6, 6.07) is 15.1. The number of aromatic amines is 1. The van der Waals surface area contributed by atoms with Crippen LogP contribution in [-0.2, 0) is 0 Å². The highest BCUT2D eigenvalue weighted by Crippen LogP contribution is 2.31. The summed E-state index contributed by atoms with van der Waals surface area (Å²) in [6.45, 7) is 4.00. The minimum absolute atomic E-state index is 0.189. The van der Waals surface area contributed by atoms with E-state index in [9.17, 15) is 4.79 Å². The van der Waals surface area contributed by atoms with E-state index in [4.69, 9.17) is 14.5 Å². The zero-order chi connectivity index (χ0) is 23.4. The zero-order valence-electron chi connectivity index (χ0n) is 19.7. The van der Waals surface area contributed by atoms with E-state index in [1.807, 2.05) is 55.5 Å². The van der Waals surface area contributed by atoms with Crippen LogP contribution in [-0.4, -0.2) is 55.1 Å². The molecule has 4 rings (SSSR count). The average molecular weight is 449 g/mol. The first kappa shape index (κ1) is 22.9. The van der Waals surface area contributed by atoms with Crippen LogP contribution >= 0.6 is 0 Å². The van der Waals surface area contributed by atoms with E-state index in [0.717, 1.165) is 54.4 Å². The molecule has 0 saturated carbocycles. The molecule has 7 nitrogen and oxygen atoms in total. The number of ether oxygens (including phenoxy) is 2. The van der Waals surface area contributed by atoms with Crippen molar-refractivity contribution in [3.63, 3.8) is 0 Å². The number of hydrogen-bond acceptors (Lipinski definition) is 5. The largest absolute Gasteiger partial charge is 0.497 e. The number of H-pyrrole nitrogens is 1. The molecule has 0 radical (unpaired) electrons. The summed E-state index contributed by atoms with van der Waals surface area (Å²) in [5, 5.41) is 3.12. The molecule has 1 amide bonds. The van der Waals surface area contributed by atoms with E-state index in [1.54, 1.807) is 14.2 Å². The van der Waals surface area contributed by atoms with Gasteiger partial charge in [-0.2, -0.15) is 0 Å². The normalized spacial score (nSPS) is 15.8. The highest BCUT2D eigenvalue weighted by atomic mass is 16.5. The minimum atomic E-state index is -0.229. The van der Waals surface area contributed by atoms with Gasteiger partial charge in [-0.05, 0) is 70.2 Å². The van der Waals surface area contributed by atoms with E-state index in [0.29, 0.717) is 17.3 Å². The molecule has 1 aliphatic heterocycles. The van der Waals surface area contributed by atoms with Crippen LogP contribution in [0.3, 0.4) is 0 Å². The van der Waals surface area contributed by atoms with Crippen LogP contribution in [0.25, 0.3) is 11.3 Å². The lowest BCUT2D eigenvalue weighted by Gasteiger charge is -2.27. The Hall–Kier alpha value is -3.32. The second kappa shape index (κ2) is 10.1. The molecular weight excluding hydrogens is 416 g/mol. The number of methoxy groups -OCH3 is 2. The van der Waals surface area contributed by atoms with E-state index in [2.05, 4.69) is 22.2 Å². The molecule has 1 aliphatic rings. The van der Waals surface area contributed by atoms with Gasteiger partial charge in [-0.15, -0.1) is 0 Å². The Labute approximate surface area is 195 Å². The van der Waals surface area contributed by atoms with Crippen LogP contribution in [0.15, 0.2) is 48.5 Å². The summed E-state index contributed by atoms with van der Waals surface area (Å²) in [4.78, 5) is 24.1. The quantitative estimate of drug-likeness (QED) is 0.560.